The molecule has 5 heteroatoms. The monoisotopic (exact) mass is 291 g/mol. The van der Waals surface area contributed by atoms with Gasteiger partial charge in [-0.15, -0.1) is 0 Å². The van der Waals surface area contributed by atoms with Crippen molar-refractivity contribution in [3.63, 3.8) is 0 Å². The standard InChI is InChI=1S/C16H18FNO3/c17-13-4-1-11(2-5-13)12-3-6-14(9-12)18-16(19)15-10-20-7-8-21-15/h1-2,4-5,10,12,14H,3,6-9H2,(H,18,19)/t12-,14-/m1/s1. The van der Waals surface area contributed by atoms with E-state index in [0.29, 0.717) is 19.1 Å². The molecule has 2 aliphatic rings. The topological polar surface area (TPSA) is 47.6 Å². The third-order valence-electron chi connectivity index (χ3n) is 3.98. The summed E-state index contributed by atoms with van der Waals surface area (Å²) in [6, 6.07) is 6.74. The van der Waals surface area contributed by atoms with Gasteiger partial charge in [-0.1, -0.05) is 12.1 Å². The predicted molar refractivity (Wildman–Crippen MR) is 74.9 cm³/mol. The fourth-order valence-electron chi connectivity index (χ4n) is 2.89. The molecule has 0 radical (unpaired) electrons. The first-order chi connectivity index (χ1) is 10.2. The number of amides is 1. The Hall–Kier alpha value is -2.04. The van der Waals surface area contributed by atoms with Crippen molar-refractivity contribution >= 4 is 5.91 Å². The molecule has 1 aromatic carbocycles. The maximum Gasteiger partial charge on any atom is 0.289 e. The van der Waals surface area contributed by atoms with E-state index in [1.165, 1.54) is 18.4 Å². The van der Waals surface area contributed by atoms with Crippen LogP contribution in [0.4, 0.5) is 4.39 Å². The number of hydrogen-bond acceptors (Lipinski definition) is 3. The van der Waals surface area contributed by atoms with Crippen molar-refractivity contribution in [1.29, 1.82) is 0 Å². The number of halogens is 1. The molecule has 0 unspecified atom stereocenters. The first-order valence-electron chi connectivity index (χ1n) is 7.23. The molecule has 1 fully saturated rings. The highest BCUT2D eigenvalue weighted by molar-refractivity contribution is 5.91. The molecule has 1 saturated carbocycles. The lowest BCUT2D eigenvalue weighted by Gasteiger charge is -2.18. The Kier molecular flexibility index (Phi) is 4.08. The third-order valence-corrected chi connectivity index (χ3v) is 3.98. The summed E-state index contributed by atoms with van der Waals surface area (Å²) in [5.41, 5.74) is 1.13. The molecular formula is C16H18FNO3. The number of carbonyl (C=O) groups is 1. The van der Waals surface area contributed by atoms with Crippen LogP contribution in [-0.2, 0) is 14.3 Å². The summed E-state index contributed by atoms with van der Waals surface area (Å²) in [5.74, 6) is 0.169. The number of ether oxygens (including phenoxy) is 2. The van der Waals surface area contributed by atoms with E-state index in [1.807, 2.05) is 12.1 Å². The second-order valence-electron chi connectivity index (χ2n) is 5.43. The van der Waals surface area contributed by atoms with E-state index in [-0.39, 0.29) is 23.5 Å². The highest BCUT2D eigenvalue weighted by atomic mass is 19.1. The Morgan fingerprint density at radius 3 is 2.71 bits per heavy atom. The van der Waals surface area contributed by atoms with Crippen LogP contribution in [0.2, 0.25) is 0 Å². The van der Waals surface area contributed by atoms with Gasteiger partial charge >= 0.3 is 0 Å². The van der Waals surface area contributed by atoms with Gasteiger partial charge in [0.05, 0.1) is 0 Å². The lowest BCUT2D eigenvalue weighted by atomic mass is 9.97. The van der Waals surface area contributed by atoms with E-state index in [1.54, 1.807) is 0 Å². The van der Waals surface area contributed by atoms with E-state index in [0.717, 1.165) is 24.8 Å². The molecule has 112 valence electrons. The van der Waals surface area contributed by atoms with Gasteiger partial charge in [0.15, 0.2) is 0 Å². The molecule has 2 atom stereocenters. The van der Waals surface area contributed by atoms with E-state index in [4.69, 9.17) is 9.47 Å². The zero-order valence-electron chi connectivity index (χ0n) is 11.7. The normalized spacial score (nSPS) is 24.7. The van der Waals surface area contributed by atoms with E-state index < -0.39 is 0 Å². The molecule has 0 aromatic heterocycles. The average molecular weight is 291 g/mol. The zero-order chi connectivity index (χ0) is 14.7. The maximum atomic E-state index is 12.9. The Bertz CT molecular complexity index is 541. The highest BCUT2D eigenvalue weighted by Crippen LogP contribution is 2.34. The maximum absolute atomic E-state index is 12.9. The first kappa shape index (κ1) is 13.9. The minimum atomic E-state index is -0.223. The first-order valence-corrected chi connectivity index (χ1v) is 7.23. The fraction of sp³-hybridized carbons (Fsp3) is 0.438. The van der Waals surface area contributed by atoms with Crippen LogP contribution in [0.5, 0.6) is 0 Å². The Balaban J connectivity index is 1.56. The molecule has 1 amide bonds. The van der Waals surface area contributed by atoms with Gasteiger partial charge in [0.2, 0.25) is 5.76 Å². The summed E-state index contributed by atoms with van der Waals surface area (Å²) in [6.45, 7) is 0.884. The minimum absolute atomic E-state index is 0.124. The van der Waals surface area contributed by atoms with Crippen molar-refractivity contribution in [2.45, 2.75) is 31.2 Å². The molecule has 1 heterocycles. The molecular weight excluding hydrogens is 273 g/mol. The molecule has 21 heavy (non-hydrogen) atoms. The summed E-state index contributed by atoms with van der Waals surface area (Å²) >= 11 is 0. The van der Waals surface area contributed by atoms with Crippen LogP contribution >= 0.6 is 0 Å². The summed E-state index contributed by atoms with van der Waals surface area (Å²) in [5, 5.41) is 2.97. The van der Waals surface area contributed by atoms with Crippen molar-refractivity contribution < 1.29 is 18.7 Å². The summed E-state index contributed by atoms with van der Waals surface area (Å²) < 4.78 is 23.3. The van der Waals surface area contributed by atoms with Gasteiger partial charge in [0.1, 0.15) is 25.3 Å². The number of rotatable bonds is 3. The molecule has 0 bridgehead atoms. The molecule has 4 nitrogen and oxygen atoms in total. The van der Waals surface area contributed by atoms with Gasteiger partial charge in [-0.05, 0) is 42.9 Å². The number of benzene rings is 1. The lowest BCUT2D eigenvalue weighted by molar-refractivity contribution is -0.122. The van der Waals surface area contributed by atoms with Gasteiger partial charge in [-0.2, -0.15) is 0 Å². The molecule has 1 aromatic rings. The number of nitrogens with one attached hydrogen (secondary N) is 1. The second-order valence-corrected chi connectivity index (χ2v) is 5.43. The van der Waals surface area contributed by atoms with Crippen LogP contribution in [0.15, 0.2) is 36.3 Å². The smallest absolute Gasteiger partial charge is 0.289 e. The fourth-order valence-corrected chi connectivity index (χ4v) is 2.89. The quantitative estimate of drug-likeness (QED) is 0.930. The van der Waals surface area contributed by atoms with Crippen molar-refractivity contribution in [3.8, 4) is 0 Å². The van der Waals surface area contributed by atoms with Gasteiger partial charge in [0.25, 0.3) is 5.91 Å². The third kappa shape index (κ3) is 3.35. The van der Waals surface area contributed by atoms with E-state index in [9.17, 15) is 9.18 Å². The minimum Gasteiger partial charge on any atom is -0.494 e. The van der Waals surface area contributed by atoms with Crippen molar-refractivity contribution in [2.24, 2.45) is 0 Å². The van der Waals surface area contributed by atoms with Crippen LogP contribution in [0, 0.1) is 5.82 Å². The van der Waals surface area contributed by atoms with Crippen molar-refractivity contribution in [1.82, 2.24) is 5.32 Å². The molecule has 0 saturated heterocycles. The van der Waals surface area contributed by atoms with Crippen LogP contribution in [0.1, 0.15) is 30.7 Å². The van der Waals surface area contributed by atoms with Crippen LogP contribution in [-0.4, -0.2) is 25.2 Å². The van der Waals surface area contributed by atoms with Crippen LogP contribution in [0.3, 0.4) is 0 Å². The second kappa shape index (κ2) is 6.16. The summed E-state index contributed by atoms with van der Waals surface area (Å²) in [4.78, 5) is 12.0. The largest absolute Gasteiger partial charge is 0.494 e. The van der Waals surface area contributed by atoms with Gasteiger partial charge in [-0.3, -0.25) is 4.79 Å². The average Bonchev–Trinajstić information content (AvgIpc) is 2.97. The van der Waals surface area contributed by atoms with Gasteiger partial charge < -0.3 is 14.8 Å². The molecule has 1 aliphatic carbocycles. The zero-order valence-corrected chi connectivity index (χ0v) is 11.7. The Morgan fingerprint density at radius 1 is 1.19 bits per heavy atom. The van der Waals surface area contributed by atoms with Crippen LogP contribution in [0.25, 0.3) is 0 Å². The lowest BCUT2D eigenvalue weighted by Crippen LogP contribution is -2.35. The van der Waals surface area contributed by atoms with Crippen molar-refractivity contribution in [3.05, 3.63) is 47.7 Å². The highest BCUT2D eigenvalue weighted by Gasteiger charge is 2.28. The van der Waals surface area contributed by atoms with Crippen molar-refractivity contribution in [2.75, 3.05) is 13.2 Å². The molecule has 0 spiro atoms. The number of hydrogen-bond donors (Lipinski definition) is 1. The predicted octanol–water partition coefficient (Wildman–Crippen LogP) is 2.47. The summed E-state index contributed by atoms with van der Waals surface area (Å²) in [7, 11) is 0. The molecule has 3 rings (SSSR count). The van der Waals surface area contributed by atoms with Gasteiger partial charge in [-0.25, -0.2) is 4.39 Å². The Labute approximate surface area is 122 Å². The number of carbonyl (C=O) groups excluding carboxylic acids is 1. The van der Waals surface area contributed by atoms with E-state index >= 15 is 0 Å². The summed E-state index contributed by atoms with van der Waals surface area (Å²) in [6.07, 6.45) is 4.14. The SMILES string of the molecule is O=C(N[C@@H]1CC[C@@H](c2ccc(F)cc2)C1)C1=COCCO1. The van der Waals surface area contributed by atoms with Crippen LogP contribution < -0.4 is 5.32 Å². The van der Waals surface area contributed by atoms with E-state index in [2.05, 4.69) is 5.32 Å². The molecule has 1 aliphatic heterocycles. The molecule has 1 N–H and O–H groups in total. The Morgan fingerprint density at radius 2 is 2.00 bits per heavy atom. The van der Waals surface area contributed by atoms with Gasteiger partial charge in [0, 0.05) is 6.04 Å².